The highest BCUT2D eigenvalue weighted by Gasteiger charge is 2.15. The molecule has 0 amide bonds. The second-order valence-corrected chi connectivity index (χ2v) is 5.17. The first kappa shape index (κ1) is 13.0. The number of aryl methyl sites for hydroxylation is 2. The highest BCUT2D eigenvalue weighted by Crippen LogP contribution is 2.29. The number of nitrogens with two attached hydrogens (primary N) is 1. The summed E-state index contributed by atoms with van der Waals surface area (Å²) in [6, 6.07) is 1.98. The summed E-state index contributed by atoms with van der Waals surface area (Å²) in [5.41, 5.74) is 8.83. The summed E-state index contributed by atoms with van der Waals surface area (Å²) in [5.74, 6) is 0. The normalized spacial score (nSPS) is 12.7. The summed E-state index contributed by atoms with van der Waals surface area (Å²) in [5, 5.41) is 18.4. The Labute approximate surface area is 110 Å². The SMILES string of the molecule is CCc1nnc(C)cc1-c1nnc(C(N)CC)s1. The van der Waals surface area contributed by atoms with Crippen LogP contribution in [0, 0.1) is 6.92 Å². The zero-order valence-electron chi connectivity index (χ0n) is 10.8. The molecule has 0 saturated carbocycles. The third-order valence-corrected chi connectivity index (χ3v) is 3.84. The molecule has 0 saturated heterocycles. The van der Waals surface area contributed by atoms with Crippen LogP contribution in [0.25, 0.3) is 10.6 Å². The van der Waals surface area contributed by atoms with E-state index in [1.54, 1.807) is 11.3 Å². The minimum Gasteiger partial charge on any atom is -0.322 e. The van der Waals surface area contributed by atoms with E-state index in [9.17, 15) is 0 Å². The Hall–Kier alpha value is -1.40. The molecule has 2 aromatic rings. The van der Waals surface area contributed by atoms with Crippen LogP contribution in [0.1, 0.15) is 42.7 Å². The molecular weight excluding hydrogens is 246 g/mol. The van der Waals surface area contributed by atoms with Crippen molar-refractivity contribution < 1.29 is 0 Å². The molecule has 18 heavy (non-hydrogen) atoms. The lowest BCUT2D eigenvalue weighted by atomic mass is 10.1. The minimum atomic E-state index is -0.0304. The quantitative estimate of drug-likeness (QED) is 0.915. The first-order chi connectivity index (χ1) is 8.65. The fourth-order valence-corrected chi connectivity index (χ4v) is 2.59. The first-order valence-electron chi connectivity index (χ1n) is 6.08. The molecule has 0 bridgehead atoms. The van der Waals surface area contributed by atoms with Crippen LogP contribution in [-0.4, -0.2) is 20.4 Å². The maximum Gasteiger partial charge on any atom is 0.149 e. The third-order valence-electron chi connectivity index (χ3n) is 2.76. The van der Waals surface area contributed by atoms with Crippen LogP contribution in [0.5, 0.6) is 0 Å². The van der Waals surface area contributed by atoms with Gasteiger partial charge in [-0.1, -0.05) is 25.2 Å². The molecule has 1 unspecified atom stereocenters. The highest BCUT2D eigenvalue weighted by atomic mass is 32.1. The van der Waals surface area contributed by atoms with Gasteiger partial charge in [0.1, 0.15) is 10.0 Å². The van der Waals surface area contributed by atoms with Gasteiger partial charge in [0, 0.05) is 5.56 Å². The second-order valence-electron chi connectivity index (χ2n) is 4.16. The van der Waals surface area contributed by atoms with Crippen LogP contribution < -0.4 is 5.73 Å². The zero-order valence-corrected chi connectivity index (χ0v) is 11.7. The number of hydrogen-bond donors (Lipinski definition) is 1. The molecule has 2 rings (SSSR count). The lowest BCUT2D eigenvalue weighted by Gasteiger charge is -2.03. The van der Waals surface area contributed by atoms with Gasteiger partial charge in [-0.2, -0.15) is 10.2 Å². The summed E-state index contributed by atoms with van der Waals surface area (Å²) < 4.78 is 0. The Bertz CT molecular complexity index is 537. The topological polar surface area (TPSA) is 77.6 Å². The van der Waals surface area contributed by atoms with Gasteiger partial charge in [0.05, 0.1) is 17.4 Å². The molecule has 2 N–H and O–H groups in total. The van der Waals surface area contributed by atoms with E-state index < -0.39 is 0 Å². The largest absolute Gasteiger partial charge is 0.322 e. The van der Waals surface area contributed by atoms with Crippen molar-refractivity contribution in [1.82, 2.24) is 20.4 Å². The van der Waals surface area contributed by atoms with Gasteiger partial charge in [-0.15, -0.1) is 10.2 Å². The van der Waals surface area contributed by atoms with E-state index in [1.165, 1.54) is 0 Å². The van der Waals surface area contributed by atoms with E-state index in [1.807, 2.05) is 19.9 Å². The minimum absolute atomic E-state index is 0.0304. The van der Waals surface area contributed by atoms with Crippen LogP contribution in [0.15, 0.2) is 6.07 Å². The summed E-state index contributed by atoms with van der Waals surface area (Å²) in [7, 11) is 0. The van der Waals surface area contributed by atoms with Crippen LogP contribution in [-0.2, 0) is 6.42 Å². The second kappa shape index (κ2) is 5.49. The fourth-order valence-electron chi connectivity index (χ4n) is 1.63. The molecular formula is C12H17N5S. The Morgan fingerprint density at radius 3 is 2.67 bits per heavy atom. The predicted molar refractivity (Wildman–Crippen MR) is 72.3 cm³/mol. The van der Waals surface area contributed by atoms with Gasteiger partial charge >= 0.3 is 0 Å². The van der Waals surface area contributed by atoms with Gasteiger partial charge in [0.25, 0.3) is 0 Å². The predicted octanol–water partition coefficient (Wildman–Crippen LogP) is 2.28. The van der Waals surface area contributed by atoms with E-state index in [0.717, 1.165) is 39.8 Å². The number of rotatable bonds is 4. The molecule has 6 heteroatoms. The number of aromatic nitrogens is 4. The van der Waals surface area contributed by atoms with E-state index >= 15 is 0 Å². The monoisotopic (exact) mass is 263 g/mol. The molecule has 0 aliphatic heterocycles. The smallest absolute Gasteiger partial charge is 0.149 e. The average molecular weight is 263 g/mol. The number of hydrogen-bond acceptors (Lipinski definition) is 6. The molecule has 5 nitrogen and oxygen atoms in total. The molecule has 0 spiro atoms. The van der Waals surface area contributed by atoms with E-state index in [4.69, 9.17) is 5.73 Å². The van der Waals surface area contributed by atoms with Crippen molar-refractivity contribution in [2.75, 3.05) is 0 Å². The van der Waals surface area contributed by atoms with Crippen molar-refractivity contribution in [3.63, 3.8) is 0 Å². The average Bonchev–Trinajstić information content (AvgIpc) is 2.87. The van der Waals surface area contributed by atoms with E-state index in [-0.39, 0.29) is 6.04 Å². The lowest BCUT2D eigenvalue weighted by Crippen LogP contribution is -2.07. The molecule has 96 valence electrons. The van der Waals surface area contributed by atoms with Gasteiger partial charge < -0.3 is 5.73 Å². The molecule has 0 fully saturated rings. The van der Waals surface area contributed by atoms with Crippen LogP contribution in [0.4, 0.5) is 0 Å². The molecule has 0 aromatic carbocycles. The maximum atomic E-state index is 5.97. The van der Waals surface area contributed by atoms with Crippen molar-refractivity contribution in [2.24, 2.45) is 5.73 Å². The first-order valence-corrected chi connectivity index (χ1v) is 6.89. The van der Waals surface area contributed by atoms with Gasteiger partial charge in [0.2, 0.25) is 0 Å². The maximum absolute atomic E-state index is 5.97. The number of nitrogens with zero attached hydrogens (tertiary/aromatic N) is 4. The van der Waals surface area contributed by atoms with Crippen molar-refractivity contribution in [1.29, 1.82) is 0 Å². The van der Waals surface area contributed by atoms with Crippen LogP contribution >= 0.6 is 11.3 Å². The molecule has 0 aliphatic carbocycles. The van der Waals surface area contributed by atoms with Gasteiger partial charge in [-0.3, -0.25) is 0 Å². The summed E-state index contributed by atoms with van der Waals surface area (Å²) >= 11 is 1.54. The Morgan fingerprint density at radius 1 is 1.22 bits per heavy atom. The third kappa shape index (κ3) is 2.54. The molecule has 0 aliphatic rings. The van der Waals surface area contributed by atoms with Crippen molar-refractivity contribution in [2.45, 2.75) is 39.7 Å². The Kier molecular flexibility index (Phi) is 3.98. The van der Waals surface area contributed by atoms with Crippen LogP contribution in [0.3, 0.4) is 0 Å². The van der Waals surface area contributed by atoms with Crippen LogP contribution in [0.2, 0.25) is 0 Å². The van der Waals surface area contributed by atoms with Gasteiger partial charge in [0.15, 0.2) is 0 Å². The Morgan fingerprint density at radius 2 is 2.00 bits per heavy atom. The molecule has 2 aromatic heterocycles. The molecule has 0 radical (unpaired) electrons. The van der Waals surface area contributed by atoms with Gasteiger partial charge in [-0.05, 0) is 25.8 Å². The van der Waals surface area contributed by atoms with Crippen molar-refractivity contribution >= 4 is 11.3 Å². The molecule has 2 heterocycles. The zero-order chi connectivity index (χ0) is 13.1. The summed E-state index contributed by atoms with van der Waals surface area (Å²) in [6.07, 6.45) is 1.69. The van der Waals surface area contributed by atoms with Crippen molar-refractivity contribution in [3.8, 4) is 10.6 Å². The summed E-state index contributed by atoms with van der Waals surface area (Å²) in [6.45, 7) is 6.03. The van der Waals surface area contributed by atoms with Gasteiger partial charge in [-0.25, -0.2) is 0 Å². The van der Waals surface area contributed by atoms with E-state index in [0.29, 0.717) is 0 Å². The lowest BCUT2D eigenvalue weighted by molar-refractivity contribution is 0.683. The van der Waals surface area contributed by atoms with E-state index in [2.05, 4.69) is 27.3 Å². The fraction of sp³-hybridized carbons (Fsp3) is 0.500. The Balaban J connectivity index is 2.42. The van der Waals surface area contributed by atoms with Crippen molar-refractivity contribution in [3.05, 3.63) is 22.5 Å². The summed E-state index contributed by atoms with van der Waals surface area (Å²) in [4.78, 5) is 0. The highest BCUT2D eigenvalue weighted by molar-refractivity contribution is 7.14. The standard InChI is InChI=1S/C12H17N5S/c1-4-9(13)12-17-16-11(18-12)8-6-7(3)14-15-10(8)5-2/h6,9H,4-5,13H2,1-3H3. The molecule has 1 atom stereocenters.